The quantitative estimate of drug-likeness (QED) is 0.660. The first-order valence-corrected chi connectivity index (χ1v) is 7.38. The van der Waals surface area contributed by atoms with E-state index in [0.29, 0.717) is 18.7 Å². The van der Waals surface area contributed by atoms with Gasteiger partial charge in [0, 0.05) is 38.2 Å². The fraction of sp³-hybridized carbons (Fsp3) is 0.400. The van der Waals surface area contributed by atoms with Gasteiger partial charge in [0.1, 0.15) is 5.65 Å². The van der Waals surface area contributed by atoms with Crippen LogP contribution in [-0.2, 0) is 9.59 Å². The molecule has 3 rings (SSSR count). The van der Waals surface area contributed by atoms with Crippen LogP contribution < -0.4 is 10.6 Å². The predicted octanol–water partition coefficient (Wildman–Crippen LogP) is -0.544. The molecule has 2 amide bonds. The smallest absolute Gasteiger partial charge is 0.313 e. The molecule has 2 aromatic rings. The third-order valence-corrected chi connectivity index (χ3v) is 3.95. The summed E-state index contributed by atoms with van der Waals surface area (Å²) in [5.74, 6) is -1.53. The Hall–Kier alpha value is -2.45. The molecule has 3 heterocycles. The molecule has 1 saturated heterocycles. The first-order valence-electron chi connectivity index (χ1n) is 7.38. The molecule has 1 unspecified atom stereocenters. The first kappa shape index (κ1) is 15.4. The van der Waals surface area contributed by atoms with Gasteiger partial charge in [0.25, 0.3) is 0 Å². The Balaban J connectivity index is 1.56. The van der Waals surface area contributed by atoms with Crippen LogP contribution in [0.2, 0.25) is 0 Å². The number of nitrogens with zero attached hydrogens (tertiary/aromatic N) is 3. The molecule has 23 heavy (non-hydrogen) atoms. The number of rotatable bonds is 3. The number of fused-ring (bicyclic) bond motifs is 1. The van der Waals surface area contributed by atoms with Gasteiger partial charge in [-0.2, -0.15) is 0 Å². The van der Waals surface area contributed by atoms with Crippen molar-refractivity contribution in [3.8, 4) is 0 Å². The van der Waals surface area contributed by atoms with Gasteiger partial charge < -0.3 is 25.0 Å². The van der Waals surface area contributed by atoms with Crippen molar-refractivity contribution in [2.75, 3.05) is 32.0 Å². The Bertz CT molecular complexity index is 744. The molecule has 0 saturated carbocycles. The number of pyridine rings is 1. The molecule has 0 aliphatic carbocycles. The van der Waals surface area contributed by atoms with Crippen molar-refractivity contribution < 1.29 is 14.7 Å². The van der Waals surface area contributed by atoms with E-state index in [0.717, 1.165) is 12.2 Å². The average molecular weight is 317 g/mol. The second-order valence-electron chi connectivity index (χ2n) is 5.96. The van der Waals surface area contributed by atoms with Gasteiger partial charge in [0.15, 0.2) is 0 Å². The van der Waals surface area contributed by atoms with Crippen molar-refractivity contribution in [2.45, 2.75) is 12.0 Å². The third-order valence-electron chi connectivity index (χ3n) is 3.95. The highest BCUT2D eigenvalue weighted by Crippen LogP contribution is 2.18. The molecule has 0 bridgehead atoms. The van der Waals surface area contributed by atoms with Crippen LogP contribution in [0.4, 0.5) is 5.69 Å². The summed E-state index contributed by atoms with van der Waals surface area (Å²) >= 11 is 0. The summed E-state index contributed by atoms with van der Waals surface area (Å²) in [4.78, 5) is 29.9. The van der Waals surface area contributed by atoms with E-state index in [1.54, 1.807) is 35.1 Å². The van der Waals surface area contributed by atoms with Crippen molar-refractivity contribution >= 4 is 23.1 Å². The number of aromatic nitrogens is 2. The maximum atomic E-state index is 11.9. The highest BCUT2D eigenvalue weighted by Gasteiger charge is 2.35. The molecule has 8 heteroatoms. The Morgan fingerprint density at radius 3 is 2.96 bits per heavy atom. The Labute approximate surface area is 133 Å². The fourth-order valence-corrected chi connectivity index (χ4v) is 2.71. The maximum Gasteiger partial charge on any atom is 0.313 e. The third kappa shape index (κ3) is 3.49. The lowest BCUT2D eigenvalue weighted by atomic mass is 10.0. The predicted molar refractivity (Wildman–Crippen MR) is 83.9 cm³/mol. The molecule has 1 aliphatic heterocycles. The summed E-state index contributed by atoms with van der Waals surface area (Å²) in [5, 5.41) is 15.3. The van der Waals surface area contributed by atoms with E-state index in [9.17, 15) is 14.7 Å². The van der Waals surface area contributed by atoms with Gasteiger partial charge >= 0.3 is 11.8 Å². The van der Waals surface area contributed by atoms with Gasteiger partial charge in [-0.3, -0.25) is 9.59 Å². The van der Waals surface area contributed by atoms with Gasteiger partial charge in [-0.05, 0) is 25.6 Å². The number of nitrogens with one attached hydrogen (secondary N) is 2. The molecule has 1 atom stereocenters. The van der Waals surface area contributed by atoms with Gasteiger partial charge in [0.05, 0.1) is 11.3 Å². The second kappa shape index (κ2) is 5.98. The lowest BCUT2D eigenvalue weighted by Crippen LogP contribution is -2.47. The molecule has 0 aromatic carbocycles. The summed E-state index contributed by atoms with van der Waals surface area (Å²) < 4.78 is 1.74. The summed E-state index contributed by atoms with van der Waals surface area (Å²) in [6, 6.07) is 3.41. The van der Waals surface area contributed by atoms with E-state index in [-0.39, 0.29) is 6.54 Å². The van der Waals surface area contributed by atoms with Crippen LogP contribution in [-0.4, -0.2) is 63.5 Å². The Morgan fingerprint density at radius 2 is 2.22 bits per heavy atom. The number of β-amino-alcohol motifs (C(OH)–C–C–N with tert-alkyl or cyclic N) is 1. The second-order valence-corrected chi connectivity index (χ2v) is 5.96. The monoisotopic (exact) mass is 317 g/mol. The molecule has 0 radical (unpaired) electrons. The van der Waals surface area contributed by atoms with Gasteiger partial charge in [0.2, 0.25) is 0 Å². The van der Waals surface area contributed by atoms with Crippen LogP contribution in [0, 0.1) is 0 Å². The fourth-order valence-electron chi connectivity index (χ4n) is 2.71. The van der Waals surface area contributed by atoms with Crippen LogP contribution in [0.25, 0.3) is 5.65 Å². The zero-order valence-corrected chi connectivity index (χ0v) is 12.8. The molecule has 2 aromatic heterocycles. The van der Waals surface area contributed by atoms with Crippen LogP contribution in [0.3, 0.4) is 0 Å². The van der Waals surface area contributed by atoms with E-state index < -0.39 is 17.4 Å². The van der Waals surface area contributed by atoms with Gasteiger partial charge in [-0.15, -0.1) is 0 Å². The first-order chi connectivity index (χ1) is 11.0. The van der Waals surface area contributed by atoms with Crippen molar-refractivity contribution in [2.24, 2.45) is 0 Å². The lowest BCUT2D eigenvalue weighted by molar-refractivity contribution is -0.136. The minimum absolute atomic E-state index is 0.0597. The summed E-state index contributed by atoms with van der Waals surface area (Å²) in [7, 11) is 1.90. The molecule has 3 N–H and O–H groups in total. The van der Waals surface area contributed by atoms with Gasteiger partial charge in [-0.25, -0.2) is 4.98 Å². The number of likely N-dealkylation sites (tertiary alicyclic amines) is 1. The largest absolute Gasteiger partial charge is 0.387 e. The molecular formula is C15H19N5O3. The van der Waals surface area contributed by atoms with Crippen LogP contribution >= 0.6 is 0 Å². The van der Waals surface area contributed by atoms with E-state index in [1.165, 1.54) is 0 Å². The van der Waals surface area contributed by atoms with Crippen LogP contribution in [0.1, 0.15) is 6.42 Å². The standard InChI is InChI=1S/C15H19N5O3/c1-19-6-4-15(23,10-19)9-17-13(21)14(22)18-11-2-3-12-16-5-7-20(12)8-11/h2-3,5,7-8,23H,4,6,9-10H2,1H3,(H,17,21)(H,18,22). The van der Waals surface area contributed by atoms with E-state index >= 15 is 0 Å². The zero-order valence-electron chi connectivity index (χ0n) is 12.8. The average Bonchev–Trinajstić information content (AvgIpc) is 3.11. The zero-order chi connectivity index (χ0) is 16.4. The number of aliphatic hydroxyl groups is 1. The molecule has 1 fully saturated rings. The number of amides is 2. The van der Waals surface area contributed by atoms with Crippen LogP contribution in [0.5, 0.6) is 0 Å². The van der Waals surface area contributed by atoms with E-state index in [1.807, 2.05) is 11.9 Å². The highest BCUT2D eigenvalue weighted by atomic mass is 16.3. The molecule has 0 spiro atoms. The van der Waals surface area contributed by atoms with Crippen molar-refractivity contribution in [1.82, 2.24) is 19.6 Å². The van der Waals surface area contributed by atoms with Crippen molar-refractivity contribution in [3.63, 3.8) is 0 Å². The molecule has 1 aliphatic rings. The van der Waals surface area contributed by atoms with E-state index in [2.05, 4.69) is 15.6 Å². The normalized spacial score (nSPS) is 21.5. The number of hydrogen-bond acceptors (Lipinski definition) is 5. The van der Waals surface area contributed by atoms with Crippen molar-refractivity contribution in [3.05, 3.63) is 30.7 Å². The number of anilines is 1. The lowest BCUT2D eigenvalue weighted by Gasteiger charge is -2.22. The Kier molecular flexibility index (Phi) is 4.01. The number of carbonyl (C=O) groups is 2. The van der Waals surface area contributed by atoms with E-state index in [4.69, 9.17) is 0 Å². The maximum absolute atomic E-state index is 11.9. The summed E-state index contributed by atoms with van der Waals surface area (Å²) in [6.45, 7) is 1.31. The summed E-state index contributed by atoms with van der Waals surface area (Å²) in [6.07, 6.45) is 5.64. The number of imidazole rings is 1. The van der Waals surface area contributed by atoms with Crippen LogP contribution in [0.15, 0.2) is 30.7 Å². The molecule has 8 nitrogen and oxygen atoms in total. The van der Waals surface area contributed by atoms with Gasteiger partial charge in [-0.1, -0.05) is 0 Å². The molecular weight excluding hydrogens is 298 g/mol. The highest BCUT2D eigenvalue weighted by molar-refractivity contribution is 6.39. The van der Waals surface area contributed by atoms with Crippen molar-refractivity contribution in [1.29, 1.82) is 0 Å². The number of likely N-dealkylation sites (N-methyl/N-ethyl adjacent to an activating group) is 1. The SMILES string of the molecule is CN1CCC(O)(CNC(=O)C(=O)Nc2ccc3nccn3c2)C1. The topological polar surface area (TPSA) is 99.0 Å². The number of carbonyl (C=O) groups excluding carboxylic acids is 2. The minimum atomic E-state index is -0.972. The minimum Gasteiger partial charge on any atom is -0.387 e. The molecule has 122 valence electrons. The summed E-state index contributed by atoms with van der Waals surface area (Å²) in [5.41, 5.74) is 0.274. The Morgan fingerprint density at radius 1 is 1.39 bits per heavy atom. The number of hydrogen-bond donors (Lipinski definition) is 3.